The zero-order chi connectivity index (χ0) is 9.84. The fourth-order valence-electron chi connectivity index (χ4n) is 0.751. The first-order valence-corrected chi connectivity index (χ1v) is 3.96. The van der Waals surface area contributed by atoms with Gasteiger partial charge in [-0.1, -0.05) is 5.16 Å². The van der Waals surface area contributed by atoms with Gasteiger partial charge in [-0.2, -0.15) is 0 Å². The molecule has 0 aliphatic rings. The Bertz CT molecular complexity index is 294. The summed E-state index contributed by atoms with van der Waals surface area (Å²) in [6.07, 6.45) is 0. The lowest BCUT2D eigenvalue weighted by Gasteiger charge is -2.07. The summed E-state index contributed by atoms with van der Waals surface area (Å²) in [4.78, 5) is 11.1. The van der Waals surface area contributed by atoms with Crippen molar-refractivity contribution in [2.24, 2.45) is 0 Å². The van der Waals surface area contributed by atoms with Crippen molar-refractivity contribution in [2.45, 2.75) is 26.8 Å². The molecule has 0 saturated heterocycles. The number of nitrogens with one attached hydrogen (secondary N) is 2. The Balaban J connectivity index is 2.50. The third kappa shape index (κ3) is 2.73. The van der Waals surface area contributed by atoms with Crippen LogP contribution in [-0.2, 0) is 0 Å². The first-order valence-electron chi connectivity index (χ1n) is 3.96. The molecule has 6 nitrogen and oxygen atoms in total. The van der Waals surface area contributed by atoms with E-state index in [1.807, 2.05) is 13.8 Å². The maximum Gasteiger partial charge on any atom is 0.320 e. The number of hydrogen-bond donors (Lipinski definition) is 2. The van der Waals surface area contributed by atoms with E-state index in [4.69, 9.17) is 0 Å². The van der Waals surface area contributed by atoms with Crippen LogP contribution < -0.4 is 10.6 Å². The van der Waals surface area contributed by atoms with Crippen molar-refractivity contribution in [2.75, 3.05) is 5.32 Å². The Morgan fingerprint density at radius 1 is 1.46 bits per heavy atom. The number of nitrogens with zero attached hydrogens (tertiary/aromatic N) is 2. The summed E-state index contributed by atoms with van der Waals surface area (Å²) in [6, 6.07) is -0.228. The molecule has 0 aliphatic heterocycles. The molecule has 1 heterocycles. The van der Waals surface area contributed by atoms with E-state index in [9.17, 15) is 4.79 Å². The molecule has 1 rings (SSSR count). The molecule has 6 heteroatoms. The molecular weight excluding hydrogens is 172 g/mol. The fourth-order valence-corrected chi connectivity index (χ4v) is 0.751. The van der Waals surface area contributed by atoms with E-state index < -0.39 is 0 Å². The van der Waals surface area contributed by atoms with Crippen LogP contribution in [0.25, 0.3) is 0 Å². The van der Waals surface area contributed by atoms with Crippen LogP contribution in [0, 0.1) is 6.92 Å². The molecule has 0 bridgehead atoms. The number of carbonyl (C=O) groups excluding carboxylic acids is 1. The molecule has 1 aromatic rings. The van der Waals surface area contributed by atoms with E-state index in [0.717, 1.165) is 0 Å². The van der Waals surface area contributed by atoms with Crippen LogP contribution >= 0.6 is 0 Å². The summed E-state index contributed by atoms with van der Waals surface area (Å²) in [7, 11) is 0. The molecule has 0 fully saturated rings. The predicted octanol–water partition coefficient (Wildman–Crippen LogP) is 0.908. The number of carbonyl (C=O) groups is 1. The smallest absolute Gasteiger partial charge is 0.320 e. The molecule has 0 unspecified atom stereocenters. The van der Waals surface area contributed by atoms with Crippen molar-refractivity contribution in [3.05, 3.63) is 5.69 Å². The second kappa shape index (κ2) is 3.88. The molecule has 1 aromatic heterocycles. The zero-order valence-corrected chi connectivity index (χ0v) is 7.79. The fraction of sp³-hybridized carbons (Fsp3) is 0.571. The van der Waals surface area contributed by atoms with Crippen LogP contribution in [0.2, 0.25) is 0 Å². The molecule has 0 aromatic carbocycles. The quantitative estimate of drug-likeness (QED) is 0.715. The maximum atomic E-state index is 11.1. The van der Waals surface area contributed by atoms with Gasteiger partial charge in [0.15, 0.2) is 0 Å². The minimum atomic E-state index is -0.311. The highest BCUT2D eigenvalue weighted by Crippen LogP contribution is 2.06. The van der Waals surface area contributed by atoms with Crippen molar-refractivity contribution < 1.29 is 9.42 Å². The molecule has 2 N–H and O–H groups in total. The van der Waals surface area contributed by atoms with Gasteiger partial charge in [-0.3, -0.25) is 5.32 Å². The van der Waals surface area contributed by atoms with Crippen LogP contribution in [-0.4, -0.2) is 22.4 Å². The van der Waals surface area contributed by atoms with E-state index in [2.05, 4.69) is 25.6 Å². The molecule has 0 saturated carbocycles. The first-order chi connectivity index (χ1) is 6.09. The number of amides is 2. The molecule has 0 aliphatic carbocycles. The van der Waals surface area contributed by atoms with E-state index in [1.165, 1.54) is 0 Å². The number of aromatic nitrogens is 2. The van der Waals surface area contributed by atoms with Crippen LogP contribution in [0.15, 0.2) is 4.63 Å². The van der Waals surface area contributed by atoms with E-state index in [0.29, 0.717) is 11.5 Å². The lowest BCUT2D eigenvalue weighted by Crippen LogP contribution is -2.34. The van der Waals surface area contributed by atoms with Crippen LogP contribution in [0.5, 0.6) is 0 Å². The van der Waals surface area contributed by atoms with Gasteiger partial charge in [-0.05, 0) is 25.9 Å². The number of aryl methyl sites for hydroxylation is 1. The monoisotopic (exact) mass is 184 g/mol. The average Bonchev–Trinajstić information content (AvgIpc) is 2.34. The van der Waals surface area contributed by atoms with Gasteiger partial charge >= 0.3 is 6.03 Å². The zero-order valence-electron chi connectivity index (χ0n) is 7.79. The molecule has 72 valence electrons. The lowest BCUT2D eigenvalue weighted by atomic mass is 10.4. The highest BCUT2D eigenvalue weighted by atomic mass is 16.6. The normalized spacial score (nSPS) is 10.2. The second-order valence-electron chi connectivity index (χ2n) is 2.95. The Morgan fingerprint density at radius 2 is 2.15 bits per heavy atom. The molecule has 13 heavy (non-hydrogen) atoms. The van der Waals surface area contributed by atoms with Crippen LogP contribution in [0.4, 0.5) is 10.6 Å². The Kier molecular flexibility index (Phi) is 2.84. The summed E-state index contributed by atoms with van der Waals surface area (Å²) in [6.45, 7) is 5.43. The summed E-state index contributed by atoms with van der Waals surface area (Å²) < 4.78 is 4.41. The SMILES string of the molecule is Cc1nonc1NC(=O)NC(C)C. The molecule has 0 spiro atoms. The van der Waals surface area contributed by atoms with Crippen LogP contribution in [0.1, 0.15) is 19.5 Å². The van der Waals surface area contributed by atoms with Gasteiger partial charge in [0.2, 0.25) is 5.82 Å². The Hall–Kier alpha value is -1.59. The summed E-state index contributed by atoms with van der Waals surface area (Å²) in [5, 5.41) is 12.2. The minimum Gasteiger partial charge on any atom is -0.336 e. The first kappa shape index (κ1) is 9.50. The van der Waals surface area contributed by atoms with Gasteiger partial charge in [0, 0.05) is 6.04 Å². The molecule has 0 atom stereocenters. The van der Waals surface area contributed by atoms with Crippen LogP contribution in [0.3, 0.4) is 0 Å². The molecule has 2 amide bonds. The van der Waals surface area contributed by atoms with Crippen molar-refractivity contribution in [1.82, 2.24) is 15.6 Å². The maximum absolute atomic E-state index is 11.1. The van der Waals surface area contributed by atoms with Gasteiger partial charge in [0.25, 0.3) is 0 Å². The average molecular weight is 184 g/mol. The van der Waals surface area contributed by atoms with Crippen molar-refractivity contribution in [3.8, 4) is 0 Å². The lowest BCUT2D eigenvalue weighted by molar-refractivity contribution is 0.249. The van der Waals surface area contributed by atoms with Gasteiger partial charge in [-0.15, -0.1) is 0 Å². The Labute approximate surface area is 75.7 Å². The van der Waals surface area contributed by atoms with Crippen molar-refractivity contribution in [1.29, 1.82) is 0 Å². The topological polar surface area (TPSA) is 80.1 Å². The van der Waals surface area contributed by atoms with E-state index in [1.54, 1.807) is 6.92 Å². The predicted molar refractivity (Wildman–Crippen MR) is 46.3 cm³/mol. The molecular formula is C7H12N4O2. The van der Waals surface area contributed by atoms with Gasteiger partial charge in [0.05, 0.1) is 0 Å². The number of urea groups is 1. The largest absolute Gasteiger partial charge is 0.336 e. The van der Waals surface area contributed by atoms with Gasteiger partial charge in [0.1, 0.15) is 5.69 Å². The standard InChI is InChI=1S/C7H12N4O2/c1-4(2)8-7(12)9-6-5(3)10-13-11-6/h4H,1-3H3,(H2,8,9,11,12). The highest BCUT2D eigenvalue weighted by molar-refractivity contribution is 5.88. The van der Waals surface area contributed by atoms with Crippen molar-refractivity contribution in [3.63, 3.8) is 0 Å². The van der Waals surface area contributed by atoms with E-state index >= 15 is 0 Å². The summed E-state index contributed by atoms with van der Waals surface area (Å²) in [5.74, 6) is 0.346. The Morgan fingerprint density at radius 3 is 2.62 bits per heavy atom. The minimum absolute atomic E-state index is 0.0835. The summed E-state index contributed by atoms with van der Waals surface area (Å²) >= 11 is 0. The number of hydrogen-bond acceptors (Lipinski definition) is 4. The van der Waals surface area contributed by atoms with Crippen molar-refractivity contribution >= 4 is 11.8 Å². The second-order valence-corrected chi connectivity index (χ2v) is 2.95. The number of rotatable bonds is 2. The van der Waals surface area contributed by atoms with E-state index in [-0.39, 0.29) is 12.1 Å². The summed E-state index contributed by atoms with van der Waals surface area (Å²) in [5.41, 5.74) is 0.555. The third-order valence-electron chi connectivity index (χ3n) is 1.30. The number of anilines is 1. The molecule has 0 radical (unpaired) electrons. The van der Waals surface area contributed by atoms with Gasteiger partial charge < -0.3 is 5.32 Å². The third-order valence-corrected chi connectivity index (χ3v) is 1.30. The van der Waals surface area contributed by atoms with Gasteiger partial charge in [-0.25, -0.2) is 9.42 Å². The highest BCUT2D eigenvalue weighted by Gasteiger charge is 2.09.